The highest BCUT2D eigenvalue weighted by Gasteiger charge is 2.07. The molecule has 0 aliphatic heterocycles. The van der Waals surface area contributed by atoms with Crippen LogP contribution in [0.5, 0.6) is 0 Å². The normalized spacial score (nSPS) is 11.5. The van der Waals surface area contributed by atoms with Crippen molar-refractivity contribution in [3.63, 3.8) is 0 Å². The molecule has 0 saturated carbocycles. The third-order valence-electron chi connectivity index (χ3n) is 1.74. The predicted octanol–water partition coefficient (Wildman–Crippen LogP) is 0.654. The number of nitrogens with zero attached hydrogens (tertiary/aromatic N) is 5. The monoisotopic (exact) mass is 194 g/mol. The number of imidazole rings is 1. The van der Waals surface area contributed by atoms with Gasteiger partial charge in [0.1, 0.15) is 18.2 Å². The van der Waals surface area contributed by atoms with Crippen LogP contribution in [0.1, 0.15) is 0 Å². The summed E-state index contributed by atoms with van der Waals surface area (Å²) in [5.74, 6) is 0. The summed E-state index contributed by atoms with van der Waals surface area (Å²) in [5, 5.41) is 4.23. The summed E-state index contributed by atoms with van der Waals surface area (Å²) >= 11 is 5.69. The zero-order valence-corrected chi connectivity index (χ0v) is 7.02. The number of hydrogen-bond donors (Lipinski definition) is 1. The molecule has 0 atom stereocenters. The Morgan fingerprint density at radius 1 is 1.38 bits per heavy atom. The van der Waals surface area contributed by atoms with Crippen molar-refractivity contribution in [2.24, 2.45) is 0 Å². The van der Waals surface area contributed by atoms with E-state index in [0.29, 0.717) is 22.1 Å². The van der Waals surface area contributed by atoms with Crippen molar-refractivity contribution in [3.8, 4) is 0 Å². The number of H-pyrrole nitrogens is 1. The van der Waals surface area contributed by atoms with Gasteiger partial charge in [-0.3, -0.25) is 0 Å². The van der Waals surface area contributed by atoms with Crippen molar-refractivity contribution in [2.75, 3.05) is 0 Å². The summed E-state index contributed by atoms with van der Waals surface area (Å²) in [6, 6.07) is 0. The molecule has 0 bridgehead atoms. The third kappa shape index (κ3) is 0.829. The zero-order chi connectivity index (χ0) is 8.84. The molecule has 0 aliphatic rings. The van der Waals surface area contributed by atoms with E-state index >= 15 is 0 Å². The van der Waals surface area contributed by atoms with Crippen LogP contribution in [0.15, 0.2) is 12.7 Å². The summed E-state index contributed by atoms with van der Waals surface area (Å²) in [7, 11) is 0. The van der Waals surface area contributed by atoms with E-state index in [2.05, 4.69) is 25.0 Å². The average molecular weight is 195 g/mol. The van der Waals surface area contributed by atoms with Crippen LogP contribution in [0.25, 0.3) is 16.8 Å². The Hall–Kier alpha value is -1.69. The Morgan fingerprint density at radius 3 is 3.23 bits per heavy atom. The highest BCUT2D eigenvalue weighted by molar-refractivity contribution is 6.29. The Balaban J connectivity index is 2.64. The van der Waals surface area contributed by atoms with E-state index in [-0.39, 0.29) is 0 Å². The fraction of sp³-hybridized carbons (Fsp3) is 0. The van der Waals surface area contributed by atoms with Crippen LogP contribution in [0, 0.1) is 0 Å². The van der Waals surface area contributed by atoms with Gasteiger partial charge in [-0.2, -0.15) is 10.1 Å². The first-order valence-electron chi connectivity index (χ1n) is 3.54. The molecule has 0 unspecified atom stereocenters. The van der Waals surface area contributed by atoms with Gasteiger partial charge in [-0.1, -0.05) is 0 Å². The number of hydrogen-bond acceptors (Lipinski definition) is 4. The van der Waals surface area contributed by atoms with Crippen molar-refractivity contribution < 1.29 is 0 Å². The lowest BCUT2D eigenvalue weighted by Gasteiger charge is -1.89. The molecular formula is C6H3ClN6. The Kier molecular flexibility index (Phi) is 1.13. The lowest BCUT2D eigenvalue weighted by atomic mass is 10.5. The van der Waals surface area contributed by atoms with Gasteiger partial charge in [-0.25, -0.2) is 14.5 Å². The molecule has 0 fully saturated rings. The second-order valence-electron chi connectivity index (χ2n) is 2.50. The summed E-state index contributed by atoms with van der Waals surface area (Å²) in [6.45, 7) is 0. The first kappa shape index (κ1) is 6.79. The molecule has 3 heterocycles. The van der Waals surface area contributed by atoms with Gasteiger partial charge in [0.25, 0.3) is 0 Å². The van der Waals surface area contributed by atoms with Crippen molar-refractivity contribution in [3.05, 3.63) is 17.9 Å². The van der Waals surface area contributed by atoms with Crippen molar-refractivity contribution in [1.29, 1.82) is 0 Å². The van der Waals surface area contributed by atoms with Gasteiger partial charge in [0.15, 0.2) is 11.3 Å². The van der Waals surface area contributed by atoms with E-state index in [1.165, 1.54) is 6.33 Å². The first-order valence-corrected chi connectivity index (χ1v) is 3.92. The molecule has 0 spiro atoms. The minimum absolute atomic E-state index is 0.304. The van der Waals surface area contributed by atoms with E-state index < -0.39 is 0 Å². The second-order valence-corrected chi connectivity index (χ2v) is 2.86. The molecular weight excluding hydrogens is 192 g/mol. The van der Waals surface area contributed by atoms with Crippen LogP contribution in [0.4, 0.5) is 0 Å². The maximum absolute atomic E-state index is 5.69. The van der Waals surface area contributed by atoms with Gasteiger partial charge in [-0.15, -0.1) is 0 Å². The number of aromatic amines is 1. The number of aromatic nitrogens is 6. The Bertz CT molecular complexity index is 581. The van der Waals surface area contributed by atoms with Gasteiger partial charge >= 0.3 is 0 Å². The molecule has 6 nitrogen and oxygen atoms in total. The molecule has 13 heavy (non-hydrogen) atoms. The molecule has 1 N–H and O–H groups in total. The van der Waals surface area contributed by atoms with E-state index in [1.807, 2.05) is 0 Å². The smallest absolute Gasteiger partial charge is 0.202 e. The predicted molar refractivity (Wildman–Crippen MR) is 45.4 cm³/mol. The Labute approximate surface area is 76.6 Å². The van der Waals surface area contributed by atoms with E-state index in [1.54, 1.807) is 10.8 Å². The summed E-state index contributed by atoms with van der Waals surface area (Å²) in [4.78, 5) is 14.9. The minimum Gasteiger partial charge on any atom is -0.324 e. The van der Waals surface area contributed by atoms with Crippen LogP contribution in [0.2, 0.25) is 5.28 Å². The molecule has 3 aromatic rings. The third-order valence-corrected chi connectivity index (χ3v) is 1.92. The minimum atomic E-state index is 0.304. The first-order chi connectivity index (χ1) is 6.34. The number of halogens is 1. The van der Waals surface area contributed by atoms with Crippen LogP contribution in [0.3, 0.4) is 0 Å². The number of rotatable bonds is 0. The zero-order valence-electron chi connectivity index (χ0n) is 6.27. The van der Waals surface area contributed by atoms with Gasteiger partial charge in [0.2, 0.25) is 5.28 Å². The molecule has 64 valence electrons. The molecule has 0 radical (unpaired) electrons. The molecule has 0 amide bonds. The standard InChI is InChI=1S/C6H3ClN6/c7-6-11-3-4(12-6)9-2-13-5(3)8-1-10-13/h1-2H,(H,11,12). The van der Waals surface area contributed by atoms with Gasteiger partial charge in [0.05, 0.1) is 0 Å². The maximum atomic E-state index is 5.69. The largest absolute Gasteiger partial charge is 0.324 e. The lowest BCUT2D eigenvalue weighted by molar-refractivity contribution is 0.931. The van der Waals surface area contributed by atoms with Crippen LogP contribution < -0.4 is 0 Å². The Morgan fingerprint density at radius 2 is 2.31 bits per heavy atom. The number of nitrogens with one attached hydrogen (secondary N) is 1. The highest BCUT2D eigenvalue weighted by atomic mass is 35.5. The average Bonchev–Trinajstić information content (AvgIpc) is 2.65. The van der Waals surface area contributed by atoms with Gasteiger partial charge in [0, 0.05) is 0 Å². The molecule has 3 rings (SSSR count). The summed E-state index contributed by atoms with van der Waals surface area (Å²) in [6.07, 6.45) is 2.99. The van der Waals surface area contributed by atoms with E-state index in [9.17, 15) is 0 Å². The van der Waals surface area contributed by atoms with Crippen molar-refractivity contribution in [2.45, 2.75) is 0 Å². The van der Waals surface area contributed by atoms with Gasteiger partial charge in [-0.05, 0) is 11.6 Å². The molecule has 7 heteroatoms. The SMILES string of the molecule is Clc1nc2ncn3ncnc3c2[nH]1. The highest BCUT2D eigenvalue weighted by Crippen LogP contribution is 2.14. The quantitative estimate of drug-likeness (QED) is 0.534. The van der Waals surface area contributed by atoms with Crippen LogP contribution >= 0.6 is 11.6 Å². The topological polar surface area (TPSA) is 71.8 Å². The summed E-state index contributed by atoms with van der Waals surface area (Å²) in [5.41, 5.74) is 1.92. The van der Waals surface area contributed by atoms with E-state index in [4.69, 9.17) is 11.6 Å². The van der Waals surface area contributed by atoms with Crippen LogP contribution in [-0.2, 0) is 0 Å². The molecule has 0 aliphatic carbocycles. The van der Waals surface area contributed by atoms with Crippen LogP contribution in [-0.4, -0.2) is 29.5 Å². The van der Waals surface area contributed by atoms with Gasteiger partial charge < -0.3 is 4.98 Å². The molecule has 3 aromatic heterocycles. The maximum Gasteiger partial charge on any atom is 0.202 e. The fourth-order valence-corrected chi connectivity index (χ4v) is 1.38. The fourth-order valence-electron chi connectivity index (χ4n) is 1.21. The van der Waals surface area contributed by atoms with E-state index in [0.717, 1.165) is 0 Å². The lowest BCUT2D eigenvalue weighted by Crippen LogP contribution is -1.90. The van der Waals surface area contributed by atoms with Crippen molar-refractivity contribution in [1.82, 2.24) is 29.5 Å². The van der Waals surface area contributed by atoms with Crippen molar-refractivity contribution >= 4 is 28.4 Å². The second kappa shape index (κ2) is 2.17. The molecule has 0 saturated heterocycles. The summed E-state index contributed by atoms with van der Waals surface area (Å²) < 4.78 is 1.55. The number of fused-ring (bicyclic) bond motifs is 3. The molecule has 0 aromatic carbocycles.